The number of ether oxygens (including phenoxy) is 1. The fraction of sp³-hybridized carbons (Fsp3) is 0.250. The predicted molar refractivity (Wildman–Crippen MR) is 114 cm³/mol. The summed E-state index contributed by atoms with van der Waals surface area (Å²) < 4.78 is 6.15. The first-order chi connectivity index (χ1) is 14.2. The van der Waals surface area contributed by atoms with Gasteiger partial charge in [0.15, 0.2) is 0 Å². The van der Waals surface area contributed by atoms with E-state index in [9.17, 15) is 4.79 Å². The molecule has 2 aromatic carbocycles. The Morgan fingerprint density at radius 3 is 2.55 bits per heavy atom. The van der Waals surface area contributed by atoms with Crippen molar-refractivity contribution in [3.8, 4) is 0 Å². The number of carbonyl (C=O) groups is 1. The molecule has 0 bridgehead atoms. The van der Waals surface area contributed by atoms with Crippen LogP contribution in [0.5, 0.6) is 0 Å². The third-order valence-corrected chi connectivity index (χ3v) is 5.07. The van der Waals surface area contributed by atoms with E-state index in [2.05, 4.69) is 34.3 Å². The number of carbonyl (C=O) groups excluding carboxylic acids is 1. The van der Waals surface area contributed by atoms with Gasteiger partial charge in [-0.3, -0.25) is 9.78 Å². The quantitative estimate of drug-likeness (QED) is 0.720. The minimum Gasteiger partial charge on any atom is -0.367 e. The van der Waals surface area contributed by atoms with E-state index in [-0.39, 0.29) is 18.1 Å². The second kappa shape index (κ2) is 8.88. The molecule has 2 unspecified atom stereocenters. The molecule has 1 N–H and O–H groups in total. The second-order valence-electron chi connectivity index (χ2n) is 7.32. The van der Waals surface area contributed by atoms with Gasteiger partial charge in [0.25, 0.3) is 5.91 Å². The van der Waals surface area contributed by atoms with Gasteiger partial charge in [0.1, 0.15) is 11.8 Å². The van der Waals surface area contributed by atoms with Crippen molar-refractivity contribution >= 4 is 11.6 Å². The Kier molecular flexibility index (Phi) is 5.86. The van der Waals surface area contributed by atoms with E-state index in [0.29, 0.717) is 12.2 Å². The van der Waals surface area contributed by atoms with Crippen LogP contribution in [0.25, 0.3) is 0 Å². The normalized spacial score (nSPS) is 19.0. The zero-order valence-corrected chi connectivity index (χ0v) is 16.5. The van der Waals surface area contributed by atoms with Crippen LogP contribution in [0.1, 0.15) is 34.6 Å². The van der Waals surface area contributed by atoms with Crippen LogP contribution in [0.15, 0.2) is 79.0 Å². The summed E-state index contributed by atoms with van der Waals surface area (Å²) in [5, 5.41) is 2.94. The number of hydrogen-bond donors (Lipinski definition) is 1. The van der Waals surface area contributed by atoms with Gasteiger partial charge in [0.05, 0.1) is 6.10 Å². The lowest BCUT2D eigenvalue weighted by molar-refractivity contribution is -0.0173. The number of benzene rings is 2. The molecule has 1 aromatic heterocycles. The van der Waals surface area contributed by atoms with Crippen LogP contribution in [-0.2, 0) is 11.3 Å². The predicted octanol–water partition coefficient (Wildman–Crippen LogP) is 3.98. The topological polar surface area (TPSA) is 54.5 Å². The number of nitrogens with one attached hydrogen (secondary N) is 1. The molecule has 3 aromatic rings. The maximum Gasteiger partial charge on any atom is 0.270 e. The number of aromatic nitrogens is 1. The van der Waals surface area contributed by atoms with Gasteiger partial charge < -0.3 is 15.0 Å². The molecule has 148 valence electrons. The second-order valence-corrected chi connectivity index (χ2v) is 7.32. The summed E-state index contributed by atoms with van der Waals surface area (Å²) >= 11 is 0. The summed E-state index contributed by atoms with van der Waals surface area (Å²) in [7, 11) is 0. The lowest BCUT2D eigenvalue weighted by Gasteiger charge is -2.38. The molecule has 0 saturated carbocycles. The van der Waals surface area contributed by atoms with Gasteiger partial charge in [-0.1, -0.05) is 60.7 Å². The van der Waals surface area contributed by atoms with Crippen LogP contribution >= 0.6 is 0 Å². The lowest BCUT2D eigenvalue weighted by Crippen LogP contribution is -2.43. The Morgan fingerprint density at radius 1 is 1.07 bits per heavy atom. The maximum atomic E-state index is 12.6. The van der Waals surface area contributed by atoms with Gasteiger partial charge in [-0.15, -0.1) is 0 Å². The van der Waals surface area contributed by atoms with Crippen LogP contribution in [0, 0.1) is 0 Å². The van der Waals surface area contributed by atoms with Gasteiger partial charge in [0.2, 0.25) is 0 Å². The van der Waals surface area contributed by atoms with Gasteiger partial charge in [-0.2, -0.15) is 0 Å². The van der Waals surface area contributed by atoms with Crippen LogP contribution in [0.2, 0.25) is 0 Å². The summed E-state index contributed by atoms with van der Waals surface area (Å²) in [5.41, 5.74) is 3.64. The molecule has 2 heterocycles. The van der Waals surface area contributed by atoms with Gasteiger partial charge in [-0.05, 0) is 30.2 Å². The Labute approximate surface area is 171 Å². The van der Waals surface area contributed by atoms with E-state index >= 15 is 0 Å². The molecule has 1 amide bonds. The SMILES string of the molecule is CC1CN(c2ccnc(C(=O)NCc3ccccc3)c2)CC(c2ccccc2)O1. The summed E-state index contributed by atoms with van der Waals surface area (Å²) in [6.45, 7) is 4.08. The monoisotopic (exact) mass is 387 g/mol. The molecular formula is C24H25N3O2. The van der Waals surface area contributed by atoms with E-state index in [1.54, 1.807) is 6.20 Å². The third-order valence-electron chi connectivity index (χ3n) is 5.07. The number of hydrogen-bond acceptors (Lipinski definition) is 4. The minimum absolute atomic E-state index is 0.00322. The number of morpholine rings is 1. The molecule has 1 saturated heterocycles. The van der Waals surface area contributed by atoms with Crippen LogP contribution in [0.3, 0.4) is 0 Å². The summed E-state index contributed by atoms with van der Waals surface area (Å²) in [6, 6.07) is 23.9. The molecule has 5 heteroatoms. The number of rotatable bonds is 5. The molecule has 4 rings (SSSR count). The van der Waals surface area contributed by atoms with Gasteiger partial charge >= 0.3 is 0 Å². The van der Waals surface area contributed by atoms with Gasteiger partial charge in [-0.25, -0.2) is 0 Å². The van der Waals surface area contributed by atoms with Crippen molar-refractivity contribution in [2.24, 2.45) is 0 Å². The molecule has 0 aliphatic carbocycles. The lowest BCUT2D eigenvalue weighted by atomic mass is 10.1. The van der Waals surface area contributed by atoms with Crippen molar-refractivity contribution < 1.29 is 9.53 Å². The van der Waals surface area contributed by atoms with Crippen LogP contribution in [0.4, 0.5) is 5.69 Å². The first-order valence-corrected chi connectivity index (χ1v) is 9.92. The molecule has 1 fully saturated rings. The number of nitrogens with zero attached hydrogens (tertiary/aromatic N) is 2. The molecular weight excluding hydrogens is 362 g/mol. The molecule has 29 heavy (non-hydrogen) atoms. The Morgan fingerprint density at radius 2 is 1.79 bits per heavy atom. The van der Waals surface area contributed by atoms with Crippen molar-refractivity contribution in [1.29, 1.82) is 0 Å². The van der Waals surface area contributed by atoms with E-state index in [0.717, 1.165) is 24.3 Å². The highest BCUT2D eigenvalue weighted by Gasteiger charge is 2.27. The van der Waals surface area contributed by atoms with Crippen LogP contribution < -0.4 is 10.2 Å². The first-order valence-electron chi connectivity index (χ1n) is 9.92. The standard InChI is InChI=1S/C24H25N3O2/c1-18-16-27(17-23(29-18)20-10-6-3-7-11-20)21-12-13-25-22(14-21)24(28)26-15-19-8-4-2-5-9-19/h2-14,18,23H,15-17H2,1H3,(H,26,28). The van der Waals surface area contributed by atoms with Crippen LogP contribution in [-0.4, -0.2) is 30.1 Å². The molecule has 0 radical (unpaired) electrons. The van der Waals surface area contributed by atoms with Crippen molar-refractivity contribution in [3.63, 3.8) is 0 Å². The minimum atomic E-state index is -0.170. The smallest absolute Gasteiger partial charge is 0.270 e. The fourth-order valence-corrected chi connectivity index (χ4v) is 3.62. The summed E-state index contributed by atoms with van der Waals surface area (Å²) in [5.74, 6) is -0.170. The van der Waals surface area contributed by atoms with Gasteiger partial charge in [0, 0.05) is 31.5 Å². The fourth-order valence-electron chi connectivity index (χ4n) is 3.62. The number of pyridine rings is 1. The zero-order valence-electron chi connectivity index (χ0n) is 16.5. The highest BCUT2D eigenvalue weighted by atomic mass is 16.5. The summed E-state index contributed by atoms with van der Waals surface area (Å²) in [6.07, 6.45) is 1.80. The molecule has 0 spiro atoms. The Bertz CT molecular complexity index is 947. The largest absolute Gasteiger partial charge is 0.367 e. The first kappa shape index (κ1) is 19.2. The van der Waals surface area contributed by atoms with E-state index in [4.69, 9.17) is 4.74 Å². The molecule has 1 aliphatic heterocycles. The number of amides is 1. The van der Waals surface area contributed by atoms with Crippen molar-refractivity contribution in [2.45, 2.75) is 25.7 Å². The molecule has 1 aliphatic rings. The van der Waals surface area contributed by atoms with Crippen molar-refractivity contribution in [3.05, 3.63) is 95.8 Å². The van der Waals surface area contributed by atoms with Crippen molar-refractivity contribution in [2.75, 3.05) is 18.0 Å². The summed E-state index contributed by atoms with van der Waals surface area (Å²) in [4.78, 5) is 19.1. The Balaban J connectivity index is 1.46. The van der Waals surface area contributed by atoms with Crippen molar-refractivity contribution in [1.82, 2.24) is 10.3 Å². The maximum absolute atomic E-state index is 12.6. The van der Waals surface area contributed by atoms with E-state index < -0.39 is 0 Å². The highest BCUT2D eigenvalue weighted by molar-refractivity contribution is 5.93. The average Bonchev–Trinajstić information content (AvgIpc) is 2.78. The highest BCUT2D eigenvalue weighted by Crippen LogP contribution is 2.28. The van der Waals surface area contributed by atoms with E-state index in [1.165, 1.54) is 5.56 Å². The number of anilines is 1. The average molecular weight is 387 g/mol. The molecule has 5 nitrogen and oxygen atoms in total. The van der Waals surface area contributed by atoms with E-state index in [1.807, 2.05) is 60.7 Å². The zero-order chi connectivity index (χ0) is 20.1. The molecule has 2 atom stereocenters. The Hall–Kier alpha value is -3.18. The third kappa shape index (κ3) is 4.81.